The van der Waals surface area contributed by atoms with Crippen molar-refractivity contribution in [3.8, 4) is 0 Å². The summed E-state index contributed by atoms with van der Waals surface area (Å²) in [5, 5.41) is 4.51. The number of thiazole rings is 1. The summed E-state index contributed by atoms with van der Waals surface area (Å²) >= 11 is 1.35. The Kier molecular flexibility index (Phi) is 3.58. The molecule has 0 atom stereocenters. The number of amides is 1. The number of nitrogens with one attached hydrogen (secondary N) is 1. The highest BCUT2D eigenvalue weighted by Crippen LogP contribution is 2.06. The van der Waals surface area contributed by atoms with Gasteiger partial charge in [-0.15, -0.1) is 11.3 Å². The van der Waals surface area contributed by atoms with Crippen molar-refractivity contribution in [2.45, 2.75) is 6.42 Å². The fourth-order valence-electron chi connectivity index (χ4n) is 2.49. The van der Waals surface area contributed by atoms with Gasteiger partial charge in [0.1, 0.15) is 11.2 Å². The molecule has 1 amide bonds. The van der Waals surface area contributed by atoms with Crippen LogP contribution >= 0.6 is 11.3 Å². The Morgan fingerprint density at radius 3 is 3.08 bits per heavy atom. The summed E-state index contributed by atoms with van der Waals surface area (Å²) in [6.07, 6.45) is 7.38. The van der Waals surface area contributed by atoms with Gasteiger partial charge in [-0.2, -0.15) is 0 Å². The summed E-state index contributed by atoms with van der Waals surface area (Å²) in [7, 11) is 0. The first-order valence-electron chi connectivity index (χ1n) is 7.38. The average molecular weight is 339 g/mol. The number of aromatic nitrogens is 4. The van der Waals surface area contributed by atoms with Crippen molar-refractivity contribution in [2.24, 2.45) is 0 Å². The van der Waals surface area contributed by atoms with E-state index in [1.165, 1.54) is 21.9 Å². The maximum Gasteiger partial charge on any atom is 0.271 e. The van der Waals surface area contributed by atoms with Crippen molar-refractivity contribution >= 4 is 27.9 Å². The van der Waals surface area contributed by atoms with E-state index in [1.54, 1.807) is 11.6 Å². The van der Waals surface area contributed by atoms with Gasteiger partial charge in [-0.25, -0.2) is 9.97 Å². The van der Waals surface area contributed by atoms with Crippen LogP contribution in [0, 0.1) is 0 Å². The van der Waals surface area contributed by atoms with Crippen molar-refractivity contribution in [2.75, 3.05) is 6.54 Å². The van der Waals surface area contributed by atoms with Crippen LogP contribution in [0.25, 0.3) is 10.6 Å². The maximum absolute atomic E-state index is 12.2. The minimum absolute atomic E-state index is 0.0425. The van der Waals surface area contributed by atoms with Crippen LogP contribution in [-0.4, -0.2) is 31.2 Å². The number of carbonyl (C=O) groups excluding carboxylic acids is 1. The topological polar surface area (TPSA) is 80.8 Å². The molecule has 0 bridgehead atoms. The zero-order chi connectivity index (χ0) is 16.5. The van der Waals surface area contributed by atoms with Crippen LogP contribution in [-0.2, 0) is 6.42 Å². The first-order chi connectivity index (χ1) is 11.7. The fraction of sp³-hybridized carbons (Fsp3) is 0.125. The zero-order valence-electron chi connectivity index (χ0n) is 12.5. The predicted octanol–water partition coefficient (Wildman–Crippen LogP) is 1.38. The molecule has 8 heteroatoms. The second-order valence-electron chi connectivity index (χ2n) is 5.24. The van der Waals surface area contributed by atoms with Gasteiger partial charge >= 0.3 is 0 Å². The number of nitrogens with zero attached hydrogens (tertiary/aromatic N) is 4. The molecule has 0 unspecified atom stereocenters. The monoisotopic (exact) mass is 339 g/mol. The second kappa shape index (κ2) is 5.89. The molecular weight excluding hydrogens is 326 g/mol. The van der Waals surface area contributed by atoms with Crippen LogP contribution < -0.4 is 10.9 Å². The quantitative estimate of drug-likeness (QED) is 0.609. The highest BCUT2D eigenvalue weighted by Gasteiger charge is 2.13. The number of hydrogen-bond acceptors (Lipinski definition) is 5. The van der Waals surface area contributed by atoms with Crippen molar-refractivity contribution < 1.29 is 4.79 Å². The summed E-state index contributed by atoms with van der Waals surface area (Å²) in [6.45, 7) is 0.397. The lowest BCUT2D eigenvalue weighted by molar-refractivity contribution is 0.0952. The van der Waals surface area contributed by atoms with Crippen LogP contribution in [0.5, 0.6) is 0 Å². The van der Waals surface area contributed by atoms with Crippen molar-refractivity contribution in [3.63, 3.8) is 0 Å². The predicted molar refractivity (Wildman–Crippen MR) is 90.6 cm³/mol. The van der Waals surface area contributed by atoms with Crippen LogP contribution in [0.3, 0.4) is 0 Å². The Morgan fingerprint density at radius 1 is 1.29 bits per heavy atom. The third-order valence-electron chi connectivity index (χ3n) is 3.67. The largest absolute Gasteiger partial charge is 0.351 e. The average Bonchev–Trinajstić information content (AvgIpc) is 3.21. The third-order valence-corrected chi connectivity index (χ3v) is 4.44. The van der Waals surface area contributed by atoms with Crippen LogP contribution in [0.2, 0.25) is 0 Å². The molecular formula is C16H13N5O2S. The van der Waals surface area contributed by atoms with E-state index >= 15 is 0 Å². The zero-order valence-corrected chi connectivity index (χ0v) is 13.4. The van der Waals surface area contributed by atoms with Gasteiger partial charge in [-0.05, 0) is 12.1 Å². The Labute approximate surface area is 140 Å². The molecule has 0 fully saturated rings. The van der Waals surface area contributed by atoms with Crippen LogP contribution in [0.15, 0.2) is 53.2 Å². The van der Waals surface area contributed by atoms with Gasteiger partial charge in [-0.1, -0.05) is 6.07 Å². The van der Waals surface area contributed by atoms with E-state index in [0.29, 0.717) is 17.9 Å². The normalized spacial score (nSPS) is 11.2. The number of carbonyl (C=O) groups is 1. The molecule has 0 aliphatic rings. The lowest BCUT2D eigenvalue weighted by Gasteiger charge is -2.03. The van der Waals surface area contributed by atoms with E-state index in [0.717, 1.165) is 11.3 Å². The minimum Gasteiger partial charge on any atom is -0.351 e. The molecule has 0 aromatic carbocycles. The summed E-state index contributed by atoms with van der Waals surface area (Å²) in [4.78, 5) is 33.6. The molecule has 0 aliphatic heterocycles. The third kappa shape index (κ3) is 2.56. The molecule has 4 aromatic heterocycles. The van der Waals surface area contributed by atoms with E-state index < -0.39 is 5.91 Å². The molecule has 0 saturated carbocycles. The summed E-state index contributed by atoms with van der Waals surface area (Å²) in [6, 6.07) is 5.78. The molecule has 0 spiro atoms. The summed E-state index contributed by atoms with van der Waals surface area (Å²) in [5.41, 5.74) is 1.43. The number of pyridine rings is 1. The fourth-order valence-corrected chi connectivity index (χ4v) is 3.16. The van der Waals surface area contributed by atoms with Crippen LogP contribution in [0.1, 0.15) is 16.1 Å². The van der Waals surface area contributed by atoms with Crippen LogP contribution in [0.4, 0.5) is 0 Å². The molecule has 1 N–H and O–H groups in total. The minimum atomic E-state index is -0.420. The second-order valence-corrected chi connectivity index (χ2v) is 6.11. The highest BCUT2D eigenvalue weighted by atomic mass is 32.1. The Balaban J connectivity index is 1.45. The van der Waals surface area contributed by atoms with Gasteiger partial charge in [0.25, 0.3) is 11.5 Å². The first-order valence-corrected chi connectivity index (χ1v) is 8.26. The van der Waals surface area contributed by atoms with E-state index in [2.05, 4.69) is 15.3 Å². The molecule has 4 rings (SSSR count). The summed E-state index contributed by atoms with van der Waals surface area (Å²) < 4.78 is 3.31. The van der Waals surface area contributed by atoms with Gasteiger partial charge in [-0.3, -0.25) is 14.0 Å². The van der Waals surface area contributed by atoms with Gasteiger partial charge in [0.2, 0.25) is 0 Å². The lowest BCUT2D eigenvalue weighted by atomic mass is 10.3. The first kappa shape index (κ1) is 14.6. The molecule has 0 aliphatic carbocycles. The number of imidazole rings is 1. The van der Waals surface area contributed by atoms with Gasteiger partial charge in [0, 0.05) is 43.1 Å². The lowest BCUT2D eigenvalue weighted by Crippen LogP contribution is -2.32. The molecule has 0 radical (unpaired) electrons. The van der Waals surface area contributed by atoms with E-state index in [9.17, 15) is 9.59 Å². The number of hydrogen-bond donors (Lipinski definition) is 1. The summed E-state index contributed by atoms with van der Waals surface area (Å²) in [5.74, 6) is -0.420. The Bertz CT molecular complexity index is 1060. The van der Waals surface area contributed by atoms with Crippen molar-refractivity contribution in [3.05, 3.63) is 70.0 Å². The molecule has 7 nitrogen and oxygen atoms in total. The van der Waals surface area contributed by atoms with Crippen molar-refractivity contribution in [1.82, 2.24) is 24.1 Å². The van der Waals surface area contributed by atoms with E-state index in [1.807, 2.05) is 35.0 Å². The number of fused-ring (bicyclic) bond motifs is 2. The number of rotatable bonds is 4. The molecule has 4 aromatic rings. The van der Waals surface area contributed by atoms with E-state index in [4.69, 9.17) is 0 Å². The molecule has 120 valence electrons. The molecule has 24 heavy (non-hydrogen) atoms. The molecule has 0 saturated heterocycles. The van der Waals surface area contributed by atoms with Gasteiger partial charge < -0.3 is 9.72 Å². The van der Waals surface area contributed by atoms with Crippen molar-refractivity contribution in [1.29, 1.82) is 0 Å². The van der Waals surface area contributed by atoms with Gasteiger partial charge in [0.05, 0.1) is 5.69 Å². The maximum atomic E-state index is 12.2. The molecule has 4 heterocycles. The van der Waals surface area contributed by atoms with Gasteiger partial charge in [0.15, 0.2) is 4.96 Å². The smallest absolute Gasteiger partial charge is 0.271 e. The Hall–Kier alpha value is -3.00. The Morgan fingerprint density at radius 2 is 2.21 bits per heavy atom. The highest BCUT2D eigenvalue weighted by molar-refractivity contribution is 7.15. The van der Waals surface area contributed by atoms with E-state index in [-0.39, 0.29) is 11.1 Å². The SMILES string of the molecule is O=C(NCCc1cn2ccccc2n1)c1cnc2sccn2c1=O. The standard InChI is InChI=1S/C16H13N5O2S/c22-14(12-9-18-16-21(15(12)23)7-8-24-16)17-5-4-11-10-20-6-2-1-3-13(20)19-11/h1-3,6-10H,4-5H2,(H,17,22).